The lowest BCUT2D eigenvalue weighted by Gasteiger charge is -2.22. The zero-order chi connectivity index (χ0) is 17.2. The highest BCUT2D eigenvalue weighted by molar-refractivity contribution is 7.15. The molecule has 0 fully saturated rings. The Kier molecular flexibility index (Phi) is 4.40. The van der Waals surface area contributed by atoms with Crippen LogP contribution in [-0.4, -0.2) is 27.6 Å². The summed E-state index contributed by atoms with van der Waals surface area (Å²) in [5.74, 6) is 0.0395. The van der Waals surface area contributed by atoms with Crippen LogP contribution in [0.25, 0.3) is 10.9 Å². The highest BCUT2D eigenvalue weighted by atomic mass is 32.1. The summed E-state index contributed by atoms with van der Waals surface area (Å²) in [7, 11) is 0. The first-order chi connectivity index (χ1) is 12.2. The molecule has 0 aliphatic heterocycles. The van der Waals surface area contributed by atoms with Crippen molar-refractivity contribution in [2.24, 2.45) is 0 Å². The largest absolute Gasteiger partial charge is 0.374 e. The SMILES string of the molecule is Nc1nnc(CCCNC(=O)[C@@H]2CCCc3c2[nH]c2ccccc32)s1. The number of carbonyl (C=O) groups excluding carboxylic acids is 1. The van der Waals surface area contributed by atoms with Crippen molar-refractivity contribution in [2.45, 2.75) is 38.0 Å². The van der Waals surface area contributed by atoms with Gasteiger partial charge in [-0.3, -0.25) is 4.79 Å². The molecule has 2 heterocycles. The number of benzene rings is 1. The number of amides is 1. The van der Waals surface area contributed by atoms with E-state index in [0.717, 1.165) is 48.3 Å². The number of para-hydroxylation sites is 1. The van der Waals surface area contributed by atoms with E-state index in [0.29, 0.717) is 11.7 Å². The predicted molar refractivity (Wildman–Crippen MR) is 99.6 cm³/mol. The van der Waals surface area contributed by atoms with Crippen LogP contribution >= 0.6 is 11.3 Å². The van der Waals surface area contributed by atoms with Gasteiger partial charge in [-0.25, -0.2) is 0 Å². The van der Waals surface area contributed by atoms with E-state index < -0.39 is 0 Å². The normalized spacial score (nSPS) is 16.7. The van der Waals surface area contributed by atoms with E-state index >= 15 is 0 Å². The number of aromatic nitrogens is 3. The third-order valence-electron chi connectivity index (χ3n) is 4.78. The maximum absolute atomic E-state index is 12.7. The average molecular weight is 355 g/mol. The van der Waals surface area contributed by atoms with Crippen LogP contribution in [-0.2, 0) is 17.6 Å². The molecule has 1 atom stereocenters. The van der Waals surface area contributed by atoms with Crippen LogP contribution in [0, 0.1) is 0 Å². The number of nitrogen functional groups attached to an aromatic ring is 1. The van der Waals surface area contributed by atoms with Crippen LogP contribution in [0.2, 0.25) is 0 Å². The number of hydrogen-bond donors (Lipinski definition) is 3. The lowest BCUT2D eigenvalue weighted by Crippen LogP contribution is -2.32. The van der Waals surface area contributed by atoms with E-state index in [4.69, 9.17) is 5.73 Å². The van der Waals surface area contributed by atoms with Crippen molar-refractivity contribution in [3.8, 4) is 0 Å². The third kappa shape index (κ3) is 3.24. The third-order valence-corrected chi connectivity index (χ3v) is 5.59. The topological polar surface area (TPSA) is 96.7 Å². The van der Waals surface area contributed by atoms with Crippen molar-refractivity contribution in [3.05, 3.63) is 40.5 Å². The molecule has 0 saturated carbocycles. The molecular weight excluding hydrogens is 334 g/mol. The quantitative estimate of drug-likeness (QED) is 0.613. The Hall–Kier alpha value is -2.41. The van der Waals surface area contributed by atoms with Crippen LogP contribution in [0.15, 0.2) is 24.3 Å². The molecule has 1 aliphatic rings. The molecule has 0 bridgehead atoms. The monoisotopic (exact) mass is 355 g/mol. The molecule has 130 valence electrons. The number of rotatable bonds is 5. The lowest BCUT2D eigenvalue weighted by atomic mass is 9.86. The zero-order valence-electron chi connectivity index (χ0n) is 13.9. The van der Waals surface area contributed by atoms with E-state index in [-0.39, 0.29) is 11.8 Å². The maximum atomic E-state index is 12.7. The summed E-state index contributed by atoms with van der Waals surface area (Å²) in [4.78, 5) is 16.2. The van der Waals surface area contributed by atoms with Gasteiger partial charge in [0.15, 0.2) is 0 Å². The van der Waals surface area contributed by atoms with Crippen LogP contribution in [0.3, 0.4) is 0 Å². The summed E-state index contributed by atoms with van der Waals surface area (Å²) in [6.45, 7) is 0.643. The van der Waals surface area contributed by atoms with E-state index in [1.165, 1.54) is 22.3 Å². The number of nitrogens with two attached hydrogens (primary N) is 1. The fraction of sp³-hybridized carbons (Fsp3) is 0.389. The van der Waals surface area contributed by atoms with Gasteiger partial charge in [0.2, 0.25) is 11.0 Å². The molecule has 4 rings (SSSR count). The van der Waals surface area contributed by atoms with Gasteiger partial charge in [0, 0.05) is 29.6 Å². The van der Waals surface area contributed by atoms with E-state index in [1.54, 1.807) is 0 Å². The first-order valence-corrected chi connectivity index (χ1v) is 9.49. The number of fused-ring (bicyclic) bond motifs is 3. The standard InChI is InChI=1S/C18H21N5OS/c19-18-23-22-15(25-18)9-4-10-20-17(24)13-7-3-6-12-11-5-1-2-8-14(11)21-16(12)13/h1-2,5,8,13,21H,3-4,6-7,9-10H2,(H2,19,23)(H,20,24)/t13-/m1/s1. The van der Waals surface area contributed by atoms with Crippen LogP contribution < -0.4 is 11.1 Å². The smallest absolute Gasteiger partial charge is 0.229 e. The van der Waals surface area contributed by atoms with Gasteiger partial charge >= 0.3 is 0 Å². The molecule has 1 amide bonds. The number of aromatic amines is 1. The summed E-state index contributed by atoms with van der Waals surface area (Å²) in [6.07, 6.45) is 4.63. The molecule has 1 aromatic carbocycles. The van der Waals surface area contributed by atoms with Crippen molar-refractivity contribution >= 4 is 33.3 Å². The minimum absolute atomic E-state index is 0.0756. The van der Waals surface area contributed by atoms with Crippen LogP contribution in [0.5, 0.6) is 0 Å². The molecule has 0 radical (unpaired) electrons. The minimum atomic E-state index is -0.0756. The zero-order valence-corrected chi connectivity index (χ0v) is 14.7. The number of aryl methyl sites for hydroxylation is 2. The fourth-order valence-corrected chi connectivity index (χ4v) is 4.27. The summed E-state index contributed by atoms with van der Waals surface area (Å²) in [5, 5.41) is 13.6. The lowest BCUT2D eigenvalue weighted by molar-refractivity contribution is -0.122. The van der Waals surface area contributed by atoms with Gasteiger partial charge in [0.1, 0.15) is 5.01 Å². The van der Waals surface area contributed by atoms with Crippen LogP contribution in [0.1, 0.15) is 41.4 Å². The van der Waals surface area contributed by atoms with Crippen molar-refractivity contribution in [1.82, 2.24) is 20.5 Å². The Balaban J connectivity index is 1.40. The number of nitrogens with zero attached hydrogens (tertiary/aromatic N) is 2. The molecule has 4 N–H and O–H groups in total. The maximum Gasteiger partial charge on any atom is 0.229 e. The summed E-state index contributed by atoms with van der Waals surface area (Å²) >= 11 is 1.41. The van der Waals surface area contributed by atoms with Crippen LogP contribution in [0.4, 0.5) is 5.13 Å². The molecule has 6 nitrogen and oxygen atoms in total. The first-order valence-electron chi connectivity index (χ1n) is 8.67. The number of anilines is 1. The number of nitrogens with one attached hydrogen (secondary N) is 2. The minimum Gasteiger partial charge on any atom is -0.374 e. The summed E-state index contributed by atoms with van der Waals surface area (Å²) in [5.41, 5.74) is 9.11. The van der Waals surface area contributed by atoms with Crippen molar-refractivity contribution in [1.29, 1.82) is 0 Å². The second kappa shape index (κ2) is 6.84. The molecule has 0 spiro atoms. The Bertz CT molecular complexity index is 900. The first kappa shape index (κ1) is 16.1. The molecule has 1 aliphatic carbocycles. The van der Waals surface area contributed by atoms with Gasteiger partial charge < -0.3 is 16.0 Å². The molecule has 25 heavy (non-hydrogen) atoms. The van der Waals surface area contributed by atoms with Crippen molar-refractivity contribution < 1.29 is 4.79 Å². The summed E-state index contributed by atoms with van der Waals surface area (Å²) in [6, 6.07) is 8.30. The number of H-pyrrole nitrogens is 1. The second-order valence-corrected chi connectivity index (χ2v) is 7.53. The second-order valence-electron chi connectivity index (χ2n) is 6.44. The Morgan fingerprint density at radius 2 is 2.24 bits per heavy atom. The number of carbonyl (C=O) groups is 1. The molecule has 0 unspecified atom stereocenters. The highest BCUT2D eigenvalue weighted by Gasteiger charge is 2.29. The van der Waals surface area contributed by atoms with E-state index in [9.17, 15) is 4.79 Å². The van der Waals surface area contributed by atoms with Gasteiger partial charge in [-0.15, -0.1) is 10.2 Å². The van der Waals surface area contributed by atoms with E-state index in [1.807, 2.05) is 6.07 Å². The van der Waals surface area contributed by atoms with Gasteiger partial charge in [0.05, 0.1) is 5.92 Å². The van der Waals surface area contributed by atoms with Gasteiger partial charge in [-0.2, -0.15) is 0 Å². The fourth-order valence-electron chi connectivity index (χ4n) is 3.62. The number of hydrogen-bond acceptors (Lipinski definition) is 5. The van der Waals surface area contributed by atoms with Gasteiger partial charge in [-0.1, -0.05) is 29.5 Å². The predicted octanol–water partition coefficient (Wildman–Crippen LogP) is 2.77. The molecule has 3 aromatic rings. The van der Waals surface area contributed by atoms with Crippen molar-refractivity contribution in [3.63, 3.8) is 0 Å². The average Bonchev–Trinajstić information content (AvgIpc) is 3.21. The summed E-state index contributed by atoms with van der Waals surface area (Å²) < 4.78 is 0. The Morgan fingerprint density at radius 3 is 3.08 bits per heavy atom. The molecule has 7 heteroatoms. The molecule has 0 saturated heterocycles. The Labute approximate surface area is 149 Å². The Morgan fingerprint density at radius 1 is 1.36 bits per heavy atom. The highest BCUT2D eigenvalue weighted by Crippen LogP contribution is 2.36. The van der Waals surface area contributed by atoms with Gasteiger partial charge in [0.25, 0.3) is 0 Å². The molecular formula is C18H21N5OS. The molecule has 2 aromatic heterocycles. The van der Waals surface area contributed by atoms with Crippen molar-refractivity contribution in [2.75, 3.05) is 12.3 Å². The van der Waals surface area contributed by atoms with Gasteiger partial charge in [-0.05, 0) is 37.3 Å². The van der Waals surface area contributed by atoms with E-state index in [2.05, 4.69) is 38.7 Å².